The maximum absolute atomic E-state index is 5.24. The second-order valence-corrected chi connectivity index (χ2v) is 8.42. The summed E-state index contributed by atoms with van der Waals surface area (Å²) in [5, 5.41) is 0. The quantitative estimate of drug-likeness (QED) is 0.827. The van der Waals surface area contributed by atoms with Crippen LogP contribution in [0.2, 0.25) is 0 Å². The third kappa shape index (κ3) is 3.42. The van der Waals surface area contributed by atoms with Crippen LogP contribution in [0.25, 0.3) is 0 Å². The van der Waals surface area contributed by atoms with E-state index in [1.54, 1.807) is 6.26 Å². The van der Waals surface area contributed by atoms with Gasteiger partial charge in [0.05, 0.1) is 12.5 Å². The van der Waals surface area contributed by atoms with E-state index in [1.165, 1.54) is 64.0 Å². The van der Waals surface area contributed by atoms with E-state index in [0.717, 1.165) is 24.5 Å². The first-order chi connectivity index (χ1) is 11.7. The summed E-state index contributed by atoms with van der Waals surface area (Å²) in [6.07, 6.45) is 9.22. The molecule has 4 rings (SSSR count). The Morgan fingerprint density at radius 3 is 2.71 bits per heavy atom. The maximum Gasteiger partial charge on any atom is 0.0947 e. The molecule has 24 heavy (non-hydrogen) atoms. The van der Waals surface area contributed by atoms with Gasteiger partial charge in [0, 0.05) is 43.3 Å². The molecule has 0 N–H and O–H groups in total. The molecule has 0 saturated carbocycles. The smallest absolute Gasteiger partial charge is 0.0947 e. The van der Waals surface area contributed by atoms with Crippen molar-refractivity contribution in [2.45, 2.75) is 64.2 Å². The molecule has 0 amide bonds. The van der Waals surface area contributed by atoms with Crippen LogP contribution in [0.5, 0.6) is 0 Å². The number of piperidine rings is 1. The lowest BCUT2D eigenvalue weighted by molar-refractivity contribution is 0.0683. The summed E-state index contributed by atoms with van der Waals surface area (Å²) in [6, 6.07) is 4.36. The lowest BCUT2D eigenvalue weighted by Gasteiger charge is -2.41. The van der Waals surface area contributed by atoms with Crippen LogP contribution in [-0.2, 0) is 6.54 Å². The van der Waals surface area contributed by atoms with Crippen molar-refractivity contribution in [2.75, 3.05) is 32.7 Å². The fraction of sp³-hybridized carbons (Fsp3) is 0.800. The standard InChI is InChI=1S/C20H33N3O/c1-16(2)23-19(14-21-7-3-4-8-21)11-18-13-22(9-5-20(18)23)12-17-6-10-24-15-17/h6,10,15-16,18-20H,3-5,7-9,11-14H2,1-2H3/t18?,19-,20?/m0/s1. The number of likely N-dealkylation sites (tertiary alicyclic amines) is 3. The molecule has 134 valence electrons. The van der Waals surface area contributed by atoms with Gasteiger partial charge in [-0.1, -0.05) is 0 Å². The third-order valence-electron chi connectivity index (χ3n) is 6.41. The molecule has 0 radical (unpaired) electrons. The minimum Gasteiger partial charge on any atom is -0.472 e. The monoisotopic (exact) mass is 331 g/mol. The third-order valence-corrected chi connectivity index (χ3v) is 6.41. The zero-order valence-corrected chi connectivity index (χ0v) is 15.4. The van der Waals surface area contributed by atoms with Crippen LogP contribution in [0.4, 0.5) is 0 Å². The highest BCUT2D eigenvalue weighted by Gasteiger charge is 2.45. The number of furan rings is 1. The Hall–Kier alpha value is -0.840. The van der Waals surface area contributed by atoms with Gasteiger partial charge < -0.3 is 9.32 Å². The summed E-state index contributed by atoms with van der Waals surface area (Å²) in [5.41, 5.74) is 1.32. The molecule has 3 atom stereocenters. The number of nitrogens with zero attached hydrogens (tertiary/aromatic N) is 3. The summed E-state index contributed by atoms with van der Waals surface area (Å²) >= 11 is 0. The number of fused-ring (bicyclic) bond motifs is 1. The maximum atomic E-state index is 5.24. The fourth-order valence-corrected chi connectivity index (χ4v) is 5.48. The van der Waals surface area contributed by atoms with E-state index in [0.29, 0.717) is 6.04 Å². The first-order valence-electron chi connectivity index (χ1n) is 9.94. The summed E-state index contributed by atoms with van der Waals surface area (Å²) in [4.78, 5) is 8.22. The van der Waals surface area contributed by atoms with Crippen molar-refractivity contribution in [2.24, 2.45) is 5.92 Å². The fourth-order valence-electron chi connectivity index (χ4n) is 5.48. The molecular weight excluding hydrogens is 298 g/mol. The van der Waals surface area contributed by atoms with Crippen LogP contribution >= 0.6 is 0 Å². The summed E-state index contributed by atoms with van der Waals surface area (Å²) in [6.45, 7) is 12.3. The Labute approximate surface area is 146 Å². The van der Waals surface area contributed by atoms with Gasteiger partial charge in [-0.3, -0.25) is 9.80 Å². The zero-order chi connectivity index (χ0) is 16.5. The van der Waals surface area contributed by atoms with Crippen molar-refractivity contribution in [1.82, 2.24) is 14.7 Å². The molecule has 4 nitrogen and oxygen atoms in total. The topological polar surface area (TPSA) is 22.9 Å². The predicted octanol–water partition coefficient (Wildman–Crippen LogP) is 3.05. The molecule has 0 aliphatic carbocycles. The highest BCUT2D eigenvalue weighted by atomic mass is 16.3. The van der Waals surface area contributed by atoms with E-state index in [2.05, 4.69) is 34.6 Å². The van der Waals surface area contributed by atoms with Gasteiger partial charge in [-0.25, -0.2) is 0 Å². The van der Waals surface area contributed by atoms with Crippen LogP contribution in [0.3, 0.4) is 0 Å². The second kappa shape index (κ2) is 7.19. The molecule has 3 aliphatic rings. The zero-order valence-electron chi connectivity index (χ0n) is 15.4. The molecule has 2 unspecified atom stereocenters. The Bertz CT molecular complexity index is 509. The average Bonchev–Trinajstić information content (AvgIpc) is 3.27. The van der Waals surface area contributed by atoms with Crippen LogP contribution < -0.4 is 0 Å². The molecule has 4 heterocycles. The first-order valence-corrected chi connectivity index (χ1v) is 9.94. The second-order valence-electron chi connectivity index (χ2n) is 8.42. The van der Waals surface area contributed by atoms with Crippen molar-refractivity contribution in [3.63, 3.8) is 0 Å². The molecule has 1 aromatic heterocycles. The lowest BCUT2D eigenvalue weighted by Crippen LogP contribution is -2.50. The van der Waals surface area contributed by atoms with E-state index in [-0.39, 0.29) is 0 Å². The van der Waals surface area contributed by atoms with Crippen molar-refractivity contribution >= 4 is 0 Å². The van der Waals surface area contributed by atoms with E-state index in [4.69, 9.17) is 4.42 Å². The molecule has 0 spiro atoms. The summed E-state index contributed by atoms with van der Waals surface area (Å²) in [5.74, 6) is 0.848. The normalized spacial score (nSPS) is 32.7. The molecule has 3 saturated heterocycles. The highest BCUT2D eigenvalue weighted by molar-refractivity contribution is 5.07. The Balaban J connectivity index is 1.40. The first kappa shape index (κ1) is 16.6. The minimum atomic E-state index is 0.674. The largest absolute Gasteiger partial charge is 0.472 e. The molecule has 0 bridgehead atoms. The van der Waals surface area contributed by atoms with Crippen molar-refractivity contribution in [3.05, 3.63) is 24.2 Å². The van der Waals surface area contributed by atoms with Gasteiger partial charge in [-0.15, -0.1) is 0 Å². The van der Waals surface area contributed by atoms with Crippen LogP contribution in [0, 0.1) is 5.92 Å². The van der Waals surface area contributed by atoms with Gasteiger partial charge in [0.15, 0.2) is 0 Å². The van der Waals surface area contributed by atoms with Crippen molar-refractivity contribution in [3.8, 4) is 0 Å². The summed E-state index contributed by atoms with van der Waals surface area (Å²) < 4.78 is 5.24. The number of hydrogen-bond acceptors (Lipinski definition) is 4. The van der Waals surface area contributed by atoms with E-state index < -0.39 is 0 Å². The predicted molar refractivity (Wildman–Crippen MR) is 96.9 cm³/mol. The molecule has 1 aromatic rings. The Kier molecular flexibility index (Phi) is 4.98. The molecule has 3 aliphatic heterocycles. The Morgan fingerprint density at radius 2 is 2.00 bits per heavy atom. The van der Waals surface area contributed by atoms with Gasteiger partial charge in [0.2, 0.25) is 0 Å². The van der Waals surface area contributed by atoms with Gasteiger partial charge in [-0.05, 0) is 71.1 Å². The van der Waals surface area contributed by atoms with Crippen molar-refractivity contribution < 1.29 is 4.42 Å². The lowest BCUT2D eigenvalue weighted by atomic mass is 9.91. The Morgan fingerprint density at radius 1 is 1.17 bits per heavy atom. The molecule has 0 aromatic carbocycles. The van der Waals surface area contributed by atoms with Crippen LogP contribution in [0.15, 0.2) is 23.0 Å². The van der Waals surface area contributed by atoms with Gasteiger partial charge in [0.1, 0.15) is 0 Å². The van der Waals surface area contributed by atoms with E-state index in [9.17, 15) is 0 Å². The average molecular weight is 332 g/mol. The molecular formula is C20H33N3O. The number of hydrogen-bond donors (Lipinski definition) is 0. The van der Waals surface area contributed by atoms with E-state index in [1.807, 2.05) is 6.26 Å². The van der Waals surface area contributed by atoms with E-state index >= 15 is 0 Å². The molecule has 3 fully saturated rings. The van der Waals surface area contributed by atoms with Gasteiger partial charge in [-0.2, -0.15) is 0 Å². The van der Waals surface area contributed by atoms with Gasteiger partial charge >= 0.3 is 0 Å². The van der Waals surface area contributed by atoms with Gasteiger partial charge in [0.25, 0.3) is 0 Å². The van der Waals surface area contributed by atoms with Crippen molar-refractivity contribution in [1.29, 1.82) is 0 Å². The summed E-state index contributed by atoms with van der Waals surface area (Å²) in [7, 11) is 0. The highest BCUT2D eigenvalue weighted by Crippen LogP contribution is 2.38. The molecule has 4 heteroatoms. The SMILES string of the molecule is CC(C)N1C2CCN(Cc3ccoc3)CC2C[C@H]1CN1CCCC1. The van der Waals surface area contributed by atoms with Crippen LogP contribution in [-0.4, -0.2) is 65.5 Å². The van der Waals surface area contributed by atoms with Crippen LogP contribution in [0.1, 0.15) is 45.1 Å². The minimum absolute atomic E-state index is 0.674. The number of rotatable bonds is 5.